The van der Waals surface area contributed by atoms with Crippen molar-refractivity contribution in [2.45, 2.75) is 19.5 Å². The van der Waals surface area contributed by atoms with Crippen LogP contribution in [0.3, 0.4) is 0 Å². The number of benzene rings is 1. The van der Waals surface area contributed by atoms with Crippen molar-refractivity contribution in [3.8, 4) is 0 Å². The van der Waals surface area contributed by atoms with Gasteiger partial charge in [-0.3, -0.25) is 9.88 Å². The molecule has 4 rings (SSSR count). The molecule has 5 heteroatoms. The van der Waals surface area contributed by atoms with Crippen LogP contribution in [-0.4, -0.2) is 37.7 Å². The maximum Gasteiger partial charge on any atom is 0.134 e. The van der Waals surface area contributed by atoms with Crippen LogP contribution in [0.4, 0.5) is 0 Å². The van der Waals surface area contributed by atoms with Crippen molar-refractivity contribution in [3.63, 3.8) is 0 Å². The Balaban J connectivity index is 1.51. The van der Waals surface area contributed by atoms with Gasteiger partial charge in [0.15, 0.2) is 0 Å². The molecule has 0 bridgehead atoms. The van der Waals surface area contributed by atoms with E-state index in [1.165, 1.54) is 10.9 Å². The summed E-state index contributed by atoms with van der Waals surface area (Å²) in [4.78, 5) is 6.85. The highest BCUT2D eigenvalue weighted by Crippen LogP contribution is 2.16. The molecule has 0 saturated carbocycles. The fraction of sp³-hybridized carbons (Fsp3) is 0.312. The molecule has 0 aliphatic carbocycles. The number of nitrogens with zero attached hydrogens (tertiary/aromatic N) is 5. The number of aromatic nitrogens is 4. The highest BCUT2D eigenvalue weighted by molar-refractivity contribution is 5.78. The van der Waals surface area contributed by atoms with Crippen LogP contribution in [0, 0.1) is 0 Å². The highest BCUT2D eigenvalue weighted by atomic mass is 15.3. The molecular weight excluding hydrogens is 262 g/mol. The molecule has 3 heterocycles. The Morgan fingerprint density at radius 2 is 2.10 bits per heavy atom. The third kappa shape index (κ3) is 2.52. The van der Waals surface area contributed by atoms with Crippen molar-refractivity contribution in [2.24, 2.45) is 0 Å². The Labute approximate surface area is 123 Å². The summed E-state index contributed by atoms with van der Waals surface area (Å²) in [5, 5.41) is 9.36. The molecule has 106 valence electrons. The summed E-state index contributed by atoms with van der Waals surface area (Å²) in [6.45, 7) is 4.01. The largest absolute Gasteiger partial charge is 0.316 e. The molecule has 0 amide bonds. The first kappa shape index (κ1) is 12.5. The number of pyridine rings is 1. The molecule has 0 saturated heterocycles. The zero-order valence-electron chi connectivity index (χ0n) is 11.8. The lowest BCUT2D eigenvalue weighted by Gasteiger charge is -2.19. The van der Waals surface area contributed by atoms with E-state index in [0.29, 0.717) is 0 Å². The third-order valence-corrected chi connectivity index (χ3v) is 4.08. The van der Waals surface area contributed by atoms with E-state index in [-0.39, 0.29) is 0 Å². The predicted molar refractivity (Wildman–Crippen MR) is 80.7 cm³/mol. The van der Waals surface area contributed by atoms with E-state index >= 15 is 0 Å². The number of hydrogen-bond donors (Lipinski definition) is 0. The van der Waals surface area contributed by atoms with E-state index in [1.54, 1.807) is 0 Å². The third-order valence-electron chi connectivity index (χ3n) is 4.08. The minimum Gasteiger partial charge on any atom is -0.316 e. The van der Waals surface area contributed by atoms with E-state index in [2.05, 4.69) is 48.9 Å². The summed E-state index contributed by atoms with van der Waals surface area (Å²) in [6, 6.07) is 10.6. The van der Waals surface area contributed by atoms with Crippen LogP contribution in [0.1, 0.15) is 11.4 Å². The van der Waals surface area contributed by atoms with Crippen molar-refractivity contribution >= 4 is 10.9 Å². The maximum atomic E-state index is 4.37. The first-order valence-corrected chi connectivity index (χ1v) is 7.31. The van der Waals surface area contributed by atoms with Crippen LogP contribution < -0.4 is 0 Å². The van der Waals surface area contributed by atoms with E-state index < -0.39 is 0 Å². The van der Waals surface area contributed by atoms with Gasteiger partial charge in [-0.25, -0.2) is 0 Å². The van der Waals surface area contributed by atoms with Gasteiger partial charge in [0.2, 0.25) is 0 Å². The zero-order valence-corrected chi connectivity index (χ0v) is 11.8. The molecule has 0 atom stereocenters. The van der Waals surface area contributed by atoms with Gasteiger partial charge < -0.3 is 4.57 Å². The first-order valence-electron chi connectivity index (χ1n) is 7.31. The van der Waals surface area contributed by atoms with E-state index in [9.17, 15) is 0 Å². The molecule has 0 N–H and O–H groups in total. The maximum absolute atomic E-state index is 4.37. The summed E-state index contributed by atoms with van der Waals surface area (Å²) < 4.78 is 2.16. The van der Waals surface area contributed by atoms with Crippen LogP contribution in [0.5, 0.6) is 0 Å². The second kappa shape index (κ2) is 5.26. The van der Waals surface area contributed by atoms with Crippen molar-refractivity contribution in [3.05, 3.63) is 54.2 Å². The highest BCUT2D eigenvalue weighted by Gasteiger charge is 2.14. The molecule has 5 nitrogen and oxygen atoms in total. The molecule has 0 radical (unpaired) electrons. The lowest BCUT2D eigenvalue weighted by Crippen LogP contribution is -2.26. The monoisotopic (exact) mass is 279 g/mol. The van der Waals surface area contributed by atoms with Gasteiger partial charge in [-0.2, -0.15) is 0 Å². The normalized spacial score (nSPS) is 15.8. The van der Waals surface area contributed by atoms with Crippen LogP contribution in [0.15, 0.2) is 42.9 Å². The smallest absolute Gasteiger partial charge is 0.134 e. The fourth-order valence-corrected chi connectivity index (χ4v) is 2.92. The van der Waals surface area contributed by atoms with Gasteiger partial charge in [0.05, 0.1) is 5.52 Å². The fourth-order valence-electron chi connectivity index (χ4n) is 2.92. The molecule has 1 aliphatic heterocycles. The molecule has 1 aliphatic rings. The second-order valence-corrected chi connectivity index (χ2v) is 5.50. The van der Waals surface area contributed by atoms with Gasteiger partial charge >= 0.3 is 0 Å². The van der Waals surface area contributed by atoms with Crippen LogP contribution in [0.2, 0.25) is 0 Å². The molecule has 0 fully saturated rings. The van der Waals surface area contributed by atoms with Crippen molar-refractivity contribution in [1.82, 2.24) is 24.6 Å². The molecular formula is C16H17N5. The molecule has 1 aromatic carbocycles. The summed E-state index contributed by atoms with van der Waals surface area (Å²) in [6.07, 6.45) is 4.64. The SMILES string of the molecule is c1cnc2ccc(CN3CCc4nncn4CC3)cc2c1. The van der Waals surface area contributed by atoms with Crippen molar-refractivity contribution in [1.29, 1.82) is 0 Å². The lowest BCUT2D eigenvalue weighted by atomic mass is 10.1. The average Bonchev–Trinajstić information content (AvgIpc) is 2.89. The topological polar surface area (TPSA) is 46.8 Å². The minimum absolute atomic E-state index is 0.967. The molecule has 0 unspecified atom stereocenters. The second-order valence-electron chi connectivity index (χ2n) is 5.50. The molecule has 0 spiro atoms. The van der Waals surface area contributed by atoms with Gasteiger partial charge in [-0.1, -0.05) is 12.1 Å². The summed E-state index contributed by atoms with van der Waals surface area (Å²) in [5.74, 6) is 1.10. The Bertz CT molecular complexity index is 741. The Morgan fingerprint density at radius 1 is 1.10 bits per heavy atom. The Hall–Kier alpha value is -2.27. The van der Waals surface area contributed by atoms with Crippen LogP contribution >= 0.6 is 0 Å². The number of rotatable bonds is 2. The quantitative estimate of drug-likeness (QED) is 0.718. The number of hydrogen-bond acceptors (Lipinski definition) is 4. The summed E-state index contributed by atoms with van der Waals surface area (Å²) >= 11 is 0. The van der Waals surface area contributed by atoms with Crippen molar-refractivity contribution < 1.29 is 0 Å². The zero-order chi connectivity index (χ0) is 14.1. The first-order chi connectivity index (χ1) is 10.4. The van der Waals surface area contributed by atoms with Crippen LogP contribution in [-0.2, 0) is 19.5 Å². The van der Waals surface area contributed by atoms with Gasteiger partial charge in [-0.15, -0.1) is 10.2 Å². The number of fused-ring (bicyclic) bond motifs is 2. The van der Waals surface area contributed by atoms with E-state index in [4.69, 9.17) is 0 Å². The predicted octanol–water partition coefficient (Wildman–Crippen LogP) is 1.88. The van der Waals surface area contributed by atoms with Gasteiger partial charge in [0.25, 0.3) is 0 Å². The summed E-state index contributed by atoms with van der Waals surface area (Å²) in [7, 11) is 0. The molecule has 21 heavy (non-hydrogen) atoms. The van der Waals surface area contributed by atoms with Crippen molar-refractivity contribution in [2.75, 3.05) is 13.1 Å². The van der Waals surface area contributed by atoms with Gasteiger partial charge in [0, 0.05) is 44.2 Å². The lowest BCUT2D eigenvalue weighted by molar-refractivity contribution is 0.271. The Morgan fingerprint density at radius 3 is 3.10 bits per heavy atom. The molecule has 3 aromatic rings. The van der Waals surface area contributed by atoms with Gasteiger partial charge in [0.1, 0.15) is 12.2 Å². The summed E-state index contributed by atoms with van der Waals surface area (Å²) in [5.41, 5.74) is 2.40. The average molecular weight is 279 g/mol. The Kier molecular flexibility index (Phi) is 3.12. The molecule has 2 aromatic heterocycles. The standard InChI is InChI=1S/C16H17N5/c1-2-14-10-13(3-4-15(14)17-6-1)11-20-7-5-16-19-18-12-21(16)9-8-20/h1-4,6,10,12H,5,7-9,11H2. The van der Waals surface area contributed by atoms with E-state index in [0.717, 1.165) is 43.9 Å². The van der Waals surface area contributed by atoms with Gasteiger partial charge in [-0.05, 0) is 23.8 Å². The van der Waals surface area contributed by atoms with E-state index in [1.807, 2.05) is 18.6 Å². The minimum atomic E-state index is 0.967. The van der Waals surface area contributed by atoms with Crippen LogP contribution in [0.25, 0.3) is 10.9 Å².